The molecule has 0 fully saturated rings. The van der Waals surface area contributed by atoms with Gasteiger partial charge in [-0.3, -0.25) is 4.79 Å². The highest BCUT2D eigenvalue weighted by Crippen LogP contribution is 2.38. The molecule has 5 N–H and O–H groups in total. The summed E-state index contributed by atoms with van der Waals surface area (Å²) in [5, 5.41) is 8.38. The number of rotatable bonds is 11. The monoisotopic (exact) mass is 569 g/mol. The summed E-state index contributed by atoms with van der Waals surface area (Å²) in [4.78, 5) is 27.7. The summed E-state index contributed by atoms with van der Waals surface area (Å²) in [7, 11) is 1.44. The lowest BCUT2D eigenvalue weighted by atomic mass is 10.1. The number of carbonyl (C=O) groups is 2. The van der Waals surface area contributed by atoms with Crippen molar-refractivity contribution < 1.29 is 19.1 Å². The Labute approximate surface area is 225 Å². The van der Waals surface area contributed by atoms with E-state index in [9.17, 15) is 9.59 Å². The Kier molecular flexibility index (Phi) is 10.2. The lowest BCUT2D eigenvalue weighted by Gasteiger charge is -2.19. The van der Waals surface area contributed by atoms with Crippen molar-refractivity contribution >= 4 is 44.9 Å². The van der Waals surface area contributed by atoms with Crippen LogP contribution in [-0.2, 0) is 0 Å². The first kappa shape index (κ1) is 27.8. The number of hydrogen-bond donors (Lipinski definition) is 4. The van der Waals surface area contributed by atoms with Crippen LogP contribution in [0, 0.1) is 0 Å². The molecule has 0 spiro atoms. The van der Waals surface area contributed by atoms with Crippen LogP contribution in [0.5, 0.6) is 17.2 Å². The molecule has 0 saturated carbocycles. The first-order valence-electron chi connectivity index (χ1n) is 11.9. The van der Waals surface area contributed by atoms with Crippen molar-refractivity contribution in [1.29, 1.82) is 0 Å². The zero-order chi connectivity index (χ0) is 26.8. The second-order valence-corrected chi connectivity index (χ2v) is 8.82. The van der Waals surface area contributed by atoms with Crippen LogP contribution in [0.15, 0.2) is 65.1 Å². The molecule has 0 atom stereocenters. The van der Waals surface area contributed by atoms with Gasteiger partial charge in [-0.25, -0.2) is 4.79 Å². The van der Waals surface area contributed by atoms with Gasteiger partial charge in [0, 0.05) is 24.8 Å². The van der Waals surface area contributed by atoms with Gasteiger partial charge >= 0.3 is 6.03 Å². The van der Waals surface area contributed by atoms with Gasteiger partial charge in [-0.2, -0.15) is 0 Å². The number of nitrogen functional groups attached to an aromatic ring is 1. The topological polar surface area (TPSA) is 118 Å². The number of ether oxygens (including phenoxy) is 2. The number of anilines is 3. The lowest BCUT2D eigenvalue weighted by Crippen LogP contribution is -2.35. The third-order valence-corrected chi connectivity index (χ3v) is 6.51. The van der Waals surface area contributed by atoms with Gasteiger partial charge in [-0.05, 0) is 65.4 Å². The summed E-state index contributed by atoms with van der Waals surface area (Å²) in [6.45, 7) is 7.13. The molecule has 9 nitrogen and oxygen atoms in total. The number of likely N-dealkylation sites (N-methyl/N-ethyl adjacent to an activating group) is 1. The molecule has 0 radical (unpaired) electrons. The molecule has 0 aliphatic carbocycles. The quantitative estimate of drug-likeness (QED) is 0.225. The molecule has 3 aromatic carbocycles. The van der Waals surface area contributed by atoms with Crippen molar-refractivity contribution in [3.8, 4) is 17.2 Å². The van der Waals surface area contributed by atoms with Crippen molar-refractivity contribution in [3.05, 3.63) is 70.7 Å². The SMILES string of the molecule is CCN(CC)CCNC(=O)c1c(OC)cc(NC(=O)Nc2ccc(Oc3ccccc3)cc2)c(Br)c1N. The van der Waals surface area contributed by atoms with Crippen LogP contribution in [0.3, 0.4) is 0 Å². The average molecular weight is 570 g/mol. The number of carbonyl (C=O) groups excluding carboxylic acids is 2. The van der Waals surface area contributed by atoms with E-state index in [0.717, 1.165) is 25.4 Å². The maximum atomic E-state index is 12.9. The highest BCUT2D eigenvalue weighted by molar-refractivity contribution is 9.10. The van der Waals surface area contributed by atoms with Gasteiger partial charge in [0.25, 0.3) is 5.91 Å². The summed E-state index contributed by atoms with van der Waals surface area (Å²) in [6.07, 6.45) is 0. The fraction of sp³-hybridized carbons (Fsp3) is 0.259. The molecule has 10 heteroatoms. The molecule has 0 aromatic heterocycles. The second kappa shape index (κ2) is 13.5. The van der Waals surface area contributed by atoms with Gasteiger partial charge in [0.1, 0.15) is 22.8 Å². The minimum absolute atomic E-state index is 0.164. The van der Waals surface area contributed by atoms with Crippen LogP contribution in [-0.4, -0.2) is 50.1 Å². The number of halogens is 1. The molecule has 0 heterocycles. The molecular formula is C27H32BrN5O4. The number of para-hydroxylation sites is 1. The maximum absolute atomic E-state index is 12.9. The Morgan fingerprint density at radius 2 is 1.62 bits per heavy atom. The molecule has 3 aromatic rings. The summed E-state index contributed by atoms with van der Waals surface area (Å²) < 4.78 is 11.6. The van der Waals surface area contributed by atoms with Crippen molar-refractivity contribution in [2.24, 2.45) is 0 Å². The van der Waals surface area contributed by atoms with E-state index in [-0.39, 0.29) is 22.9 Å². The average Bonchev–Trinajstić information content (AvgIpc) is 2.90. The zero-order valence-corrected chi connectivity index (χ0v) is 22.7. The van der Waals surface area contributed by atoms with Crippen LogP contribution in [0.2, 0.25) is 0 Å². The molecule has 196 valence electrons. The predicted octanol–water partition coefficient (Wildman–Crippen LogP) is 5.55. The summed E-state index contributed by atoms with van der Waals surface area (Å²) >= 11 is 3.40. The Balaban J connectivity index is 1.65. The van der Waals surface area contributed by atoms with E-state index < -0.39 is 6.03 Å². The van der Waals surface area contributed by atoms with E-state index in [1.807, 2.05) is 30.3 Å². The van der Waals surface area contributed by atoms with Gasteiger partial charge in [0.2, 0.25) is 0 Å². The third kappa shape index (κ3) is 7.61. The number of urea groups is 1. The maximum Gasteiger partial charge on any atom is 0.323 e. The minimum atomic E-state index is -0.490. The molecule has 0 bridgehead atoms. The zero-order valence-electron chi connectivity index (χ0n) is 21.1. The molecular weight excluding hydrogens is 538 g/mol. The van der Waals surface area contributed by atoms with Crippen molar-refractivity contribution in [1.82, 2.24) is 10.2 Å². The van der Waals surface area contributed by atoms with Gasteiger partial charge in [0.05, 0.1) is 23.0 Å². The highest BCUT2D eigenvalue weighted by Gasteiger charge is 2.22. The molecule has 3 amide bonds. The Hall–Kier alpha value is -3.76. The largest absolute Gasteiger partial charge is 0.496 e. The third-order valence-electron chi connectivity index (χ3n) is 5.66. The standard InChI is InChI=1S/C27H32BrN5O4/c1-4-33(5-2)16-15-30-26(34)23-22(36-3)17-21(24(28)25(23)29)32-27(35)31-18-11-13-20(14-12-18)37-19-9-7-6-8-10-19/h6-14,17H,4-5,15-16,29H2,1-3H3,(H,30,34)(H2,31,32,35). The number of nitrogens with two attached hydrogens (primary N) is 1. The number of amides is 3. The fourth-order valence-corrected chi connectivity index (χ4v) is 4.02. The van der Waals surface area contributed by atoms with Crippen molar-refractivity contribution in [2.45, 2.75) is 13.8 Å². The number of nitrogens with one attached hydrogen (secondary N) is 3. The summed E-state index contributed by atoms with van der Waals surface area (Å²) in [5.41, 5.74) is 7.56. The Bertz CT molecular complexity index is 1200. The van der Waals surface area contributed by atoms with E-state index in [4.69, 9.17) is 15.2 Å². The second-order valence-electron chi connectivity index (χ2n) is 8.03. The minimum Gasteiger partial charge on any atom is -0.496 e. The summed E-state index contributed by atoms with van der Waals surface area (Å²) in [5.74, 6) is 1.26. The van der Waals surface area contributed by atoms with Crippen LogP contribution in [0.4, 0.5) is 21.9 Å². The van der Waals surface area contributed by atoms with Gasteiger partial charge < -0.3 is 36.1 Å². The molecule has 0 saturated heterocycles. The molecule has 0 aliphatic heterocycles. The van der Waals surface area contributed by atoms with Crippen LogP contribution in [0.25, 0.3) is 0 Å². The number of nitrogens with zero attached hydrogens (tertiary/aromatic N) is 1. The Morgan fingerprint density at radius 3 is 2.24 bits per heavy atom. The van der Waals surface area contributed by atoms with Crippen LogP contribution >= 0.6 is 15.9 Å². The number of hydrogen-bond acceptors (Lipinski definition) is 6. The predicted molar refractivity (Wildman–Crippen MR) is 151 cm³/mol. The first-order valence-corrected chi connectivity index (χ1v) is 12.7. The normalized spacial score (nSPS) is 10.6. The lowest BCUT2D eigenvalue weighted by molar-refractivity contribution is 0.0947. The number of benzene rings is 3. The van der Waals surface area contributed by atoms with E-state index in [1.165, 1.54) is 7.11 Å². The van der Waals surface area contributed by atoms with Gasteiger partial charge in [0.15, 0.2) is 0 Å². The van der Waals surface area contributed by atoms with E-state index >= 15 is 0 Å². The summed E-state index contributed by atoms with van der Waals surface area (Å²) in [6, 6.07) is 17.4. The van der Waals surface area contributed by atoms with Gasteiger partial charge in [-0.15, -0.1) is 0 Å². The van der Waals surface area contributed by atoms with Crippen molar-refractivity contribution in [2.75, 3.05) is 49.7 Å². The molecule has 0 aliphatic rings. The number of methoxy groups -OCH3 is 1. The van der Waals surface area contributed by atoms with E-state index in [1.54, 1.807) is 30.3 Å². The van der Waals surface area contributed by atoms with E-state index in [0.29, 0.717) is 28.1 Å². The van der Waals surface area contributed by atoms with Crippen LogP contribution < -0.4 is 31.2 Å². The van der Waals surface area contributed by atoms with Crippen LogP contribution in [0.1, 0.15) is 24.2 Å². The Morgan fingerprint density at radius 1 is 0.973 bits per heavy atom. The highest BCUT2D eigenvalue weighted by atomic mass is 79.9. The van der Waals surface area contributed by atoms with Gasteiger partial charge in [-0.1, -0.05) is 32.0 Å². The molecule has 37 heavy (non-hydrogen) atoms. The smallest absolute Gasteiger partial charge is 0.323 e. The van der Waals surface area contributed by atoms with Crippen molar-refractivity contribution in [3.63, 3.8) is 0 Å². The van der Waals surface area contributed by atoms with E-state index in [2.05, 4.69) is 50.6 Å². The first-order chi connectivity index (χ1) is 17.9. The molecule has 3 rings (SSSR count). The fourth-order valence-electron chi connectivity index (χ4n) is 3.61. The molecule has 0 unspecified atom stereocenters.